The van der Waals surface area contributed by atoms with Gasteiger partial charge in [0, 0.05) is 13.1 Å². The van der Waals surface area contributed by atoms with Crippen molar-refractivity contribution in [2.24, 2.45) is 11.3 Å². The van der Waals surface area contributed by atoms with Crippen molar-refractivity contribution in [1.82, 2.24) is 5.32 Å². The molecule has 1 heteroatoms. The minimum Gasteiger partial charge on any atom is -0.312 e. The Morgan fingerprint density at radius 3 is 2.47 bits per heavy atom. The van der Waals surface area contributed by atoms with Crippen LogP contribution in [0.5, 0.6) is 0 Å². The first kappa shape index (κ1) is 12.7. The predicted molar refractivity (Wildman–Crippen MR) is 82.2 cm³/mol. The van der Waals surface area contributed by atoms with Gasteiger partial charge < -0.3 is 5.32 Å². The summed E-state index contributed by atoms with van der Waals surface area (Å²) in [7, 11) is 0. The van der Waals surface area contributed by atoms with Gasteiger partial charge in [0.2, 0.25) is 0 Å². The third-order valence-corrected chi connectivity index (χ3v) is 4.74. The van der Waals surface area contributed by atoms with Gasteiger partial charge in [-0.1, -0.05) is 50.2 Å². The van der Waals surface area contributed by atoms with E-state index in [2.05, 4.69) is 61.6 Å². The summed E-state index contributed by atoms with van der Waals surface area (Å²) in [5, 5.41) is 6.32. The number of rotatable bonds is 5. The number of nitrogens with one attached hydrogen (secondary N) is 1. The largest absolute Gasteiger partial charge is 0.312 e. The molecule has 0 saturated heterocycles. The van der Waals surface area contributed by atoms with Crippen LogP contribution >= 0.6 is 0 Å². The van der Waals surface area contributed by atoms with Gasteiger partial charge in [-0.15, -0.1) is 0 Å². The standard InChI is InChI=1S/C18H23N/c1-14(2)18(9-10-18)13-19-12-15-7-8-16-5-3-4-6-17(16)11-15/h3-8,11,14,19H,9-10,12-13H2,1-2H3. The van der Waals surface area contributed by atoms with Crippen molar-refractivity contribution in [3.8, 4) is 0 Å². The van der Waals surface area contributed by atoms with Crippen LogP contribution in [-0.4, -0.2) is 6.54 Å². The molecule has 100 valence electrons. The van der Waals surface area contributed by atoms with Crippen LogP contribution in [0.4, 0.5) is 0 Å². The number of fused-ring (bicyclic) bond motifs is 1. The highest BCUT2D eigenvalue weighted by molar-refractivity contribution is 5.82. The molecule has 1 saturated carbocycles. The van der Waals surface area contributed by atoms with E-state index in [1.165, 1.54) is 29.2 Å². The molecular formula is C18H23N. The van der Waals surface area contributed by atoms with E-state index >= 15 is 0 Å². The first-order chi connectivity index (χ1) is 9.20. The summed E-state index contributed by atoms with van der Waals surface area (Å²) in [4.78, 5) is 0. The minimum absolute atomic E-state index is 0.594. The quantitative estimate of drug-likeness (QED) is 0.834. The topological polar surface area (TPSA) is 12.0 Å². The number of hydrogen-bond acceptors (Lipinski definition) is 1. The molecule has 1 N–H and O–H groups in total. The predicted octanol–water partition coefficient (Wildman–Crippen LogP) is 4.37. The Balaban J connectivity index is 1.63. The molecule has 1 fully saturated rings. The second kappa shape index (κ2) is 4.97. The van der Waals surface area contributed by atoms with E-state index in [4.69, 9.17) is 0 Å². The molecule has 1 aliphatic carbocycles. The summed E-state index contributed by atoms with van der Waals surface area (Å²) in [5.41, 5.74) is 1.98. The van der Waals surface area contributed by atoms with E-state index in [1.54, 1.807) is 0 Å². The van der Waals surface area contributed by atoms with E-state index in [0.29, 0.717) is 5.41 Å². The van der Waals surface area contributed by atoms with E-state index in [1.807, 2.05) is 0 Å². The Morgan fingerprint density at radius 2 is 1.79 bits per heavy atom. The van der Waals surface area contributed by atoms with Crippen LogP contribution < -0.4 is 5.32 Å². The van der Waals surface area contributed by atoms with Crippen LogP contribution in [0.2, 0.25) is 0 Å². The Bertz CT molecular complexity index is 567. The van der Waals surface area contributed by atoms with Gasteiger partial charge in [-0.3, -0.25) is 0 Å². The molecule has 0 atom stereocenters. The SMILES string of the molecule is CC(C)C1(CNCc2ccc3ccccc3c2)CC1. The van der Waals surface area contributed by atoms with Gasteiger partial charge >= 0.3 is 0 Å². The lowest BCUT2D eigenvalue weighted by Crippen LogP contribution is -2.27. The highest BCUT2D eigenvalue weighted by atomic mass is 14.9. The molecule has 3 rings (SSSR count). The Labute approximate surface area is 116 Å². The monoisotopic (exact) mass is 253 g/mol. The highest BCUT2D eigenvalue weighted by Crippen LogP contribution is 2.51. The summed E-state index contributed by atoms with van der Waals surface area (Å²) in [6, 6.07) is 15.3. The summed E-state index contributed by atoms with van der Waals surface area (Å²) < 4.78 is 0. The van der Waals surface area contributed by atoms with Crippen LogP contribution in [0.3, 0.4) is 0 Å². The molecule has 0 unspecified atom stereocenters. The van der Waals surface area contributed by atoms with Crippen LogP contribution in [0.1, 0.15) is 32.3 Å². The van der Waals surface area contributed by atoms with Crippen LogP contribution in [0.25, 0.3) is 10.8 Å². The minimum atomic E-state index is 0.594. The zero-order valence-corrected chi connectivity index (χ0v) is 11.9. The second-order valence-corrected chi connectivity index (χ2v) is 6.30. The molecule has 0 bridgehead atoms. The lowest BCUT2D eigenvalue weighted by atomic mass is 9.92. The average molecular weight is 253 g/mol. The van der Waals surface area contributed by atoms with Crippen molar-refractivity contribution in [3.05, 3.63) is 48.0 Å². The van der Waals surface area contributed by atoms with Crippen LogP contribution in [0.15, 0.2) is 42.5 Å². The van der Waals surface area contributed by atoms with Crippen molar-refractivity contribution in [1.29, 1.82) is 0 Å². The second-order valence-electron chi connectivity index (χ2n) is 6.30. The summed E-state index contributed by atoms with van der Waals surface area (Å²) >= 11 is 0. The van der Waals surface area contributed by atoms with Crippen molar-refractivity contribution >= 4 is 10.8 Å². The lowest BCUT2D eigenvalue weighted by molar-refractivity contribution is 0.338. The van der Waals surface area contributed by atoms with Gasteiger partial charge in [-0.05, 0) is 46.6 Å². The third kappa shape index (κ3) is 2.66. The molecule has 1 aliphatic rings. The third-order valence-electron chi connectivity index (χ3n) is 4.74. The molecular weight excluding hydrogens is 230 g/mol. The van der Waals surface area contributed by atoms with Crippen molar-refractivity contribution in [2.45, 2.75) is 33.2 Å². The van der Waals surface area contributed by atoms with Crippen LogP contribution in [0, 0.1) is 11.3 Å². The van der Waals surface area contributed by atoms with E-state index in [9.17, 15) is 0 Å². The summed E-state index contributed by atoms with van der Waals surface area (Å²) in [6.07, 6.45) is 2.80. The van der Waals surface area contributed by atoms with Gasteiger partial charge in [-0.2, -0.15) is 0 Å². The maximum Gasteiger partial charge on any atom is 0.0205 e. The molecule has 0 spiro atoms. The summed E-state index contributed by atoms with van der Waals surface area (Å²) in [5.74, 6) is 0.802. The highest BCUT2D eigenvalue weighted by Gasteiger charge is 2.44. The molecule has 0 amide bonds. The Hall–Kier alpha value is -1.34. The van der Waals surface area contributed by atoms with Crippen molar-refractivity contribution in [3.63, 3.8) is 0 Å². The first-order valence-electron chi connectivity index (χ1n) is 7.38. The number of hydrogen-bond donors (Lipinski definition) is 1. The maximum atomic E-state index is 3.65. The Morgan fingerprint density at radius 1 is 1.05 bits per heavy atom. The Kier molecular flexibility index (Phi) is 3.32. The van der Waals surface area contributed by atoms with E-state index in [-0.39, 0.29) is 0 Å². The molecule has 1 nitrogen and oxygen atoms in total. The molecule has 2 aromatic carbocycles. The van der Waals surface area contributed by atoms with Crippen molar-refractivity contribution < 1.29 is 0 Å². The fourth-order valence-electron chi connectivity index (χ4n) is 2.92. The first-order valence-corrected chi connectivity index (χ1v) is 7.38. The van der Waals surface area contributed by atoms with Gasteiger partial charge in [0.05, 0.1) is 0 Å². The van der Waals surface area contributed by atoms with Gasteiger partial charge in [-0.25, -0.2) is 0 Å². The molecule has 0 radical (unpaired) electrons. The normalized spacial score (nSPS) is 17.0. The molecule has 0 aromatic heterocycles. The van der Waals surface area contributed by atoms with Crippen molar-refractivity contribution in [2.75, 3.05) is 6.54 Å². The summed E-state index contributed by atoms with van der Waals surface area (Å²) in [6.45, 7) is 6.85. The molecule has 0 heterocycles. The maximum absolute atomic E-state index is 3.65. The van der Waals surface area contributed by atoms with E-state index in [0.717, 1.165) is 19.0 Å². The van der Waals surface area contributed by atoms with Gasteiger partial charge in [0.1, 0.15) is 0 Å². The zero-order valence-electron chi connectivity index (χ0n) is 11.9. The number of benzene rings is 2. The fraction of sp³-hybridized carbons (Fsp3) is 0.444. The zero-order chi connectivity index (χ0) is 13.3. The lowest BCUT2D eigenvalue weighted by Gasteiger charge is -2.20. The van der Waals surface area contributed by atoms with Crippen LogP contribution in [-0.2, 0) is 6.54 Å². The molecule has 0 aliphatic heterocycles. The average Bonchev–Trinajstić information content (AvgIpc) is 3.20. The fourth-order valence-corrected chi connectivity index (χ4v) is 2.92. The smallest absolute Gasteiger partial charge is 0.0205 e. The van der Waals surface area contributed by atoms with Gasteiger partial charge in [0.15, 0.2) is 0 Å². The van der Waals surface area contributed by atoms with Gasteiger partial charge in [0.25, 0.3) is 0 Å². The molecule has 19 heavy (non-hydrogen) atoms. The molecule has 2 aromatic rings. The van der Waals surface area contributed by atoms with E-state index < -0.39 is 0 Å².